The average Bonchev–Trinajstić information content (AvgIpc) is 3.16. The van der Waals surface area contributed by atoms with E-state index in [9.17, 15) is 9.59 Å². The molecule has 0 spiro atoms. The summed E-state index contributed by atoms with van der Waals surface area (Å²) < 4.78 is 0. The van der Waals surface area contributed by atoms with Gasteiger partial charge in [0.05, 0.1) is 0 Å². The van der Waals surface area contributed by atoms with Gasteiger partial charge in [-0.25, -0.2) is 0 Å². The van der Waals surface area contributed by atoms with E-state index in [1.165, 1.54) is 18.4 Å². The monoisotopic (exact) mass is 517 g/mol. The summed E-state index contributed by atoms with van der Waals surface area (Å²) in [5.41, 5.74) is 4.28. The van der Waals surface area contributed by atoms with E-state index < -0.39 is 0 Å². The second kappa shape index (κ2) is 17.9. The number of aromatic nitrogens is 1. The Morgan fingerprint density at radius 3 is 2.39 bits per heavy atom. The van der Waals surface area contributed by atoms with Crippen LogP contribution >= 0.6 is 0 Å². The molecule has 1 heterocycles. The Balaban J connectivity index is 0.00000161. The highest BCUT2D eigenvalue weighted by Crippen LogP contribution is 2.31. The topological polar surface area (TPSA) is 47.0 Å². The Labute approximate surface area is 232 Å². The molecule has 0 bridgehead atoms. The Morgan fingerprint density at radius 1 is 1.00 bits per heavy atom. The molecular formula is C35H51NO2. The molecule has 1 saturated carbocycles. The molecule has 0 N–H and O–H groups in total. The molecule has 3 nitrogen and oxygen atoms in total. The first-order valence-electron chi connectivity index (χ1n) is 15.1. The standard InChI is InChI=1S/C32H43NO2.C3H8/c1-4-9-29(32(35)30-18-14-25(5-2)15-19-30)11-6-7-13-31(34)28-12-8-10-26(16-17-28)23-27-20-21-33-24(3)22-27;1-3-2/h5,14-15,18-22,26,28-29H,2,4,6-13,16-17,23H2,1,3H3;3H2,1-2H3. The largest absolute Gasteiger partial charge is 0.299 e. The normalized spacial score (nSPS) is 18.0. The van der Waals surface area contributed by atoms with Gasteiger partial charge in [0.1, 0.15) is 5.78 Å². The SMILES string of the molecule is C=Cc1ccc(C(=O)C(CCC)CCCCC(=O)C2CCCC(Cc3ccnc(C)c3)CC2)cc1.CCC. The zero-order chi connectivity index (χ0) is 27.8. The fourth-order valence-electron chi connectivity index (χ4n) is 5.64. The van der Waals surface area contributed by atoms with Gasteiger partial charge in [0, 0.05) is 35.7 Å². The number of benzene rings is 1. The summed E-state index contributed by atoms with van der Waals surface area (Å²) >= 11 is 0. The summed E-state index contributed by atoms with van der Waals surface area (Å²) in [6.07, 6.45) is 17.0. The first kappa shape index (κ1) is 31.7. The highest BCUT2D eigenvalue weighted by molar-refractivity contribution is 5.98. The third-order valence-electron chi connectivity index (χ3n) is 7.69. The van der Waals surface area contributed by atoms with Crippen LogP contribution in [0, 0.1) is 24.7 Å². The third kappa shape index (κ3) is 11.1. The molecule has 1 aromatic carbocycles. The summed E-state index contributed by atoms with van der Waals surface area (Å²) in [6.45, 7) is 12.2. The van der Waals surface area contributed by atoms with Crippen molar-refractivity contribution in [3.8, 4) is 0 Å². The number of unbranched alkanes of at least 4 members (excludes halogenated alkanes) is 1. The van der Waals surface area contributed by atoms with Gasteiger partial charge in [-0.05, 0) is 81.0 Å². The first-order chi connectivity index (χ1) is 18.4. The molecule has 1 aliphatic carbocycles. The van der Waals surface area contributed by atoms with Crippen LogP contribution < -0.4 is 0 Å². The number of hydrogen-bond acceptors (Lipinski definition) is 3. The molecule has 1 fully saturated rings. The quantitative estimate of drug-likeness (QED) is 0.151. The fourth-order valence-corrected chi connectivity index (χ4v) is 5.64. The van der Waals surface area contributed by atoms with Gasteiger partial charge in [0.2, 0.25) is 0 Å². The van der Waals surface area contributed by atoms with Crippen molar-refractivity contribution in [1.82, 2.24) is 4.98 Å². The van der Waals surface area contributed by atoms with Gasteiger partial charge in [-0.2, -0.15) is 0 Å². The molecule has 1 aromatic heterocycles. The maximum absolute atomic E-state index is 13.0. The number of ketones is 2. The van der Waals surface area contributed by atoms with E-state index in [1.807, 2.05) is 37.4 Å². The number of hydrogen-bond donors (Lipinski definition) is 0. The molecular weight excluding hydrogens is 466 g/mol. The van der Waals surface area contributed by atoms with Gasteiger partial charge in [0.25, 0.3) is 0 Å². The summed E-state index contributed by atoms with van der Waals surface area (Å²) in [5.74, 6) is 1.66. The van der Waals surface area contributed by atoms with E-state index >= 15 is 0 Å². The first-order valence-corrected chi connectivity index (χ1v) is 15.1. The molecule has 208 valence electrons. The minimum atomic E-state index is 0.0557. The van der Waals surface area contributed by atoms with Gasteiger partial charge in [-0.15, -0.1) is 0 Å². The molecule has 0 radical (unpaired) electrons. The summed E-state index contributed by atoms with van der Waals surface area (Å²) in [4.78, 5) is 30.3. The van der Waals surface area contributed by atoms with Crippen molar-refractivity contribution in [2.45, 2.75) is 111 Å². The number of carbonyl (C=O) groups excluding carboxylic acids is 2. The summed E-state index contributed by atoms with van der Waals surface area (Å²) in [7, 11) is 0. The highest BCUT2D eigenvalue weighted by Gasteiger charge is 2.24. The van der Waals surface area contributed by atoms with E-state index in [4.69, 9.17) is 0 Å². The van der Waals surface area contributed by atoms with Crippen LogP contribution in [0.4, 0.5) is 0 Å². The van der Waals surface area contributed by atoms with Crippen molar-refractivity contribution in [2.24, 2.45) is 17.8 Å². The van der Waals surface area contributed by atoms with Crippen molar-refractivity contribution in [3.63, 3.8) is 0 Å². The second-order valence-electron chi connectivity index (χ2n) is 11.2. The zero-order valence-corrected chi connectivity index (χ0v) is 24.5. The van der Waals surface area contributed by atoms with Crippen LogP contribution in [0.5, 0.6) is 0 Å². The number of nitrogens with zero attached hydrogens (tertiary/aromatic N) is 1. The molecule has 0 amide bonds. The molecule has 3 unspecified atom stereocenters. The van der Waals surface area contributed by atoms with E-state index in [2.05, 4.69) is 44.5 Å². The van der Waals surface area contributed by atoms with Crippen LogP contribution in [0.3, 0.4) is 0 Å². The highest BCUT2D eigenvalue weighted by atomic mass is 16.1. The maximum atomic E-state index is 13.0. The molecule has 2 aromatic rings. The van der Waals surface area contributed by atoms with Crippen LogP contribution in [0.1, 0.15) is 125 Å². The number of pyridine rings is 1. The number of aryl methyl sites for hydroxylation is 1. The lowest BCUT2D eigenvalue weighted by molar-refractivity contribution is -0.123. The minimum Gasteiger partial charge on any atom is -0.299 e. The summed E-state index contributed by atoms with van der Waals surface area (Å²) in [6, 6.07) is 12.1. The van der Waals surface area contributed by atoms with Crippen LogP contribution in [0.2, 0.25) is 0 Å². The number of rotatable bonds is 13. The zero-order valence-electron chi connectivity index (χ0n) is 24.5. The van der Waals surface area contributed by atoms with E-state index in [0.717, 1.165) is 81.0 Å². The fraction of sp³-hybridized carbons (Fsp3) is 0.571. The second-order valence-corrected chi connectivity index (χ2v) is 11.2. The molecule has 0 aliphatic heterocycles. The van der Waals surface area contributed by atoms with E-state index in [1.54, 1.807) is 6.08 Å². The van der Waals surface area contributed by atoms with Gasteiger partial charge < -0.3 is 0 Å². The Hall–Kier alpha value is -2.55. The van der Waals surface area contributed by atoms with Crippen LogP contribution in [0.15, 0.2) is 49.2 Å². The van der Waals surface area contributed by atoms with Gasteiger partial charge >= 0.3 is 0 Å². The molecule has 1 aliphatic rings. The molecule has 3 heteroatoms. The smallest absolute Gasteiger partial charge is 0.165 e. The van der Waals surface area contributed by atoms with Crippen molar-refractivity contribution >= 4 is 17.6 Å². The van der Waals surface area contributed by atoms with Crippen molar-refractivity contribution < 1.29 is 9.59 Å². The molecule has 3 rings (SSSR count). The maximum Gasteiger partial charge on any atom is 0.165 e. The Bertz CT molecular complexity index is 978. The van der Waals surface area contributed by atoms with Crippen molar-refractivity contribution in [3.05, 3.63) is 71.6 Å². The van der Waals surface area contributed by atoms with Crippen molar-refractivity contribution in [1.29, 1.82) is 0 Å². The lowest BCUT2D eigenvalue weighted by atomic mass is 9.87. The lowest BCUT2D eigenvalue weighted by Gasteiger charge is -2.16. The van der Waals surface area contributed by atoms with Crippen LogP contribution in [-0.2, 0) is 11.2 Å². The van der Waals surface area contributed by atoms with Crippen molar-refractivity contribution in [2.75, 3.05) is 0 Å². The lowest BCUT2D eigenvalue weighted by Crippen LogP contribution is -2.16. The predicted octanol–water partition coefficient (Wildman–Crippen LogP) is 9.62. The van der Waals surface area contributed by atoms with E-state index in [0.29, 0.717) is 18.1 Å². The van der Waals surface area contributed by atoms with Gasteiger partial charge in [0.15, 0.2) is 5.78 Å². The van der Waals surface area contributed by atoms with Crippen LogP contribution in [-0.4, -0.2) is 16.6 Å². The third-order valence-corrected chi connectivity index (χ3v) is 7.69. The molecule has 3 atom stereocenters. The Kier molecular flexibility index (Phi) is 14.9. The predicted molar refractivity (Wildman–Crippen MR) is 161 cm³/mol. The van der Waals surface area contributed by atoms with E-state index in [-0.39, 0.29) is 17.6 Å². The number of carbonyl (C=O) groups is 2. The summed E-state index contributed by atoms with van der Waals surface area (Å²) in [5, 5.41) is 0. The number of Topliss-reactive ketones (excluding diaryl/α,β-unsaturated/α-hetero) is 2. The van der Waals surface area contributed by atoms with Gasteiger partial charge in [-0.1, -0.05) is 89.8 Å². The van der Waals surface area contributed by atoms with Crippen LogP contribution in [0.25, 0.3) is 6.08 Å². The minimum absolute atomic E-state index is 0.0557. The molecule has 38 heavy (non-hydrogen) atoms. The molecule has 0 saturated heterocycles. The van der Waals surface area contributed by atoms with Gasteiger partial charge in [-0.3, -0.25) is 14.6 Å². The Morgan fingerprint density at radius 2 is 1.74 bits per heavy atom. The average molecular weight is 518 g/mol.